The van der Waals surface area contributed by atoms with Crippen LogP contribution < -0.4 is 9.62 Å². The van der Waals surface area contributed by atoms with E-state index >= 15 is 0 Å². The summed E-state index contributed by atoms with van der Waals surface area (Å²) in [5.74, 6) is 6.55. The van der Waals surface area contributed by atoms with Crippen LogP contribution in [0.3, 0.4) is 0 Å². The molecule has 0 saturated heterocycles. The first-order chi connectivity index (χ1) is 16.2. The Hall–Kier alpha value is -3.64. The van der Waals surface area contributed by atoms with E-state index < -0.39 is 16.1 Å². The standard InChI is InChI=1S/C25H21ClN4O3S/c1-17(29-34(2,32)33)8-9-18-10-12-23-21(14-18)25(28-16-27-23)30(19-6-4-3-5-7-19)24-13-11-20(31)15-22(24)26/h3-7,10-17,29,31H,1-2H3. The number of para-hydroxylation sites is 1. The van der Waals surface area contributed by atoms with Crippen LogP contribution in [-0.4, -0.2) is 35.8 Å². The molecule has 34 heavy (non-hydrogen) atoms. The van der Waals surface area contributed by atoms with Crippen LogP contribution in [0.1, 0.15) is 12.5 Å². The molecule has 0 aliphatic heterocycles. The predicted octanol–water partition coefficient (Wildman–Crippen LogP) is 4.75. The van der Waals surface area contributed by atoms with Crippen molar-refractivity contribution < 1.29 is 13.5 Å². The zero-order valence-corrected chi connectivity index (χ0v) is 20.0. The van der Waals surface area contributed by atoms with Crippen molar-refractivity contribution in [2.45, 2.75) is 13.0 Å². The molecule has 4 rings (SSSR count). The molecule has 0 bridgehead atoms. The summed E-state index contributed by atoms with van der Waals surface area (Å²) in [6.45, 7) is 1.67. The van der Waals surface area contributed by atoms with E-state index in [0.717, 1.165) is 17.3 Å². The van der Waals surface area contributed by atoms with Crippen LogP contribution in [0.15, 0.2) is 73.1 Å². The average Bonchev–Trinajstić information content (AvgIpc) is 2.79. The van der Waals surface area contributed by atoms with Crippen LogP contribution in [0.25, 0.3) is 10.9 Å². The summed E-state index contributed by atoms with van der Waals surface area (Å²) < 4.78 is 25.3. The number of phenols is 1. The van der Waals surface area contributed by atoms with E-state index in [4.69, 9.17) is 11.6 Å². The van der Waals surface area contributed by atoms with Gasteiger partial charge in [-0.1, -0.05) is 41.6 Å². The van der Waals surface area contributed by atoms with Gasteiger partial charge in [-0.15, -0.1) is 0 Å². The number of anilines is 3. The molecule has 1 aromatic heterocycles. The number of phenolic OH excluding ortho intramolecular Hbond substituents is 1. The normalized spacial score (nSPS) is 12.1. The minimum absolute atomic E-state index is 0.0590. The van der Waals surface area contributed by atoms with E-state index in [0.29, 0.717) is 27.6 Å². The Kier molecular flexibility index (Phi) is 6.70. The minimum Gasteiger partial charge on any atom is -0.508 e. The first-order valence-corrected chi connectivity index (χ1v) is 12.6. The number of nitrogens with zero attached hydrogens (tertiary/aromatic N) is 3. The first-order valence-electron chi connectivity index (χ1n) is 10.3. The summed E-state index contributed by atoms with van der Waals surface area (Å²) >= 11 is 6.52. The van der Waals surface area contributed by atoms with Crippen LogP contribution >= 0.6 is 11.6 Å². The third kappa shape index (κ3) is 5.46. The fourth-order valence-electron chi connectivity index (χ4n) is 3.47. The second kappa shape index (κ2) is 9.69. The van der Waals surface area contributed by atoms with Gasteiger partial charge in [0, 0.05) is 22.7 Å². The van der Waals surface area contributed by atoms with Crippen LogP contribution in [0, 0.1) is 11.8 Å². The maximum Gasteiger partial charge on any atom is 0.209 e. The van der Waals surface area contributed by atoms with Gasteiger partial charge in [0.1, 0.15) is 17.9 Å². The molecule has 7 nitrogen and oxygen atoms in total. The van der Waals surface area contributed by atoms with Crippen molar-refractivity contribution in [1.82, 2.24) is 14.7 Å². The number of fused-ring (bicyclic) bond motifs is 1. The monoisotopic (exact) mass is 492 g/mol. The van der Waals surface area contributed by atoms with Gasteiger partial charge in [-0.25, -0.2) is 23.1 Å². The Morgan fingerprint density at radius 3 is 2.53 bits per heavy atom. The number of rotatable bonds is 5. The molecule has 0 aliphatic carbocycles. The number of aromatic nitrogens is 2. The molecule has 1 unspecified atom stereocenters. The molecule has 9 heteroatoms. The molecule has 2 N–H and O–H groups in total. The number of halogens is 1. The summed E-state index contributed by atoms with van der Waals surface area (Å²) in [7, 11) is -3.36. The lowest BCUT2D eigenvalue weighted by Gasteiger charge is -2.26. The topological polar surface area (TPSA) is 95.4 Å². The summed E-state index contributed by atoms with van der Waals surface area (Å²) in [5.41, 5.74) is 2.83. The van der Waals surface area contributed by atoms with Gasteiger partial charge in [0.05, 0.1) is 28.5 Å². The summed E-state index contributed by atoms with van der Waals surface area (Å²) in [6.07, 6.45) is 2.57. The quantitative estimate of drug-likeness (QED) is 0.390. The second-order valence-corrected chi connectivity index (χ2v) is 9.80. The number of aromatic hydroxyl groups is 1. The number of hydrogen-bond acceptors (Lipinski definition) is 6. The molecule has 0 saturated carbocycles. The molecule has 1 heterocycles. The molecule has 4 aromatic rings. The van der Waals surface area contributed by atoms with Crippen LogP contribution in [0.5, 0.6) is 5.75 Å². The Morgan fingerprint density at radius 1 is 1.06 bits per heavy atom. The first kappa shape index (κ1) is 23.5. The molecule has 0 amide bonds. The molecule has 3 aromatic carbocycles. The zero-order valence-electron chi connectivity index (χ0n) is 18.4. The van der Waals surface area contributed by atoms with E-state index in [1.807, 2.05) is 53.4 Å². The van der Waals surface area contributed by atoms with E-state index in [-0.39, 0.29) is 5.75 Å². The van der Waals surface area contributed by atoms with Crippen molar-refractivity contribution in [3.8, 4) is 17.6 Å². The van der Waals surface area contributed by atoms with E-state index in [1.54, 1.807) is 19.1 Å². The number of nitrogens with one attached hydrogen (secondary N) is 1. The minimum atomic E-state index is -3.36. The third-order valence-corrected chi connectivity index (χ3v) is 5.92. The van der Waals surface area contributed by atoms with Gasteiger partial charge in [-0.05, 0) is 49.4 Å². The molecule has 0 fully saturated rings. The van der Waals surface area contributed by atoms with Gasteiger partial charge in [-0.2, -0.15) is 0 Å². The highest BCUT2D eigenvalue weighted by molar-refractivity contribution is 7.88. The number of hydrogen-bond donors (Lipinski definition) is 2. The van der Waals surface area contributed by atoms with Crippen molar-refractivity contribution in [1.29, 1.82) is 0 Å². The lowest BCUT2D eigenvalue weighted by molar-refractivity contribution is 0.475. The van der Waals surface area contributed by atoms with Crippen LogP contribution in [0.4, 0.5) is 17.2 Å². The lowest BCUT2D eigenvalue weighted by atomic mass is 10.1. The van der Waals surface area contributed by atoms with Gasteiger partial charge in [0.25, 0.3) is 0 Å². The Bertz CT molecular complexity index is 1520. The highest BCUT2D eigenvalue weighted by atomic mass is 35.5. The molecule has 172 valence electrons. The van der Waals surface area contributed by atoms with Crippen molar-refractivity contribution in [2.75, 3.05) is 11.2 Å². The van der Waals surface area contributed by atoms with Crippen molar-refractivity contribution in [3.63, 3.8) is 0 Å². The molecular formula is C25H21ClN4O3S. The van der Waals surface area contributed by atoms with Crippen molar-refractivity contribution in [3.05, 3.63) is 83.6 Å². The SMILES string of the molecule is CC(C#Cc1ccc2ncnc(N(c3ccccc3)c3ccc(O)cc3Cl)c2c1)NS(C)(=O)=O. The highest BCUT2D eigenvalue weighted by Crippen LogP contribution is 2.41. The van der Waals surface area contributed by atoms with Crippen molar-refractivity contribution >= 4 is 49.7 Å². The maximum absolute atomic E-state index is 11.4. The predicted molar refractivity (Wildman–Crippen MR) is 135 cm³/mol. The van der Waals surface area contributed by atoms with Crippen LogP contribution in [-0.2, 0) is 10.0 Å². The second-order valence-electron chi connectivity index (χ2n) is 7.62. The Labute approximate surface area is 203 Å². The van der Waals surface area contributed by atoms with E-state index in [2.05, 4.69) is 26.5 Å². The average molecular weight is 493 g/mol. The summed E-state index contributed by atoms with van der Waals surface area (Å²) in [6, 6.07) is 19.3. The molecule has 0 spiro atoms. The van der Waals surface area contributed by atoms with E-state index in [9.17, 15) is 13.5 Å². The van der Waals surface area contributed by atoms with Gasteiger partial charge in [-0.3, -0.25) is 4.90 Å². The fourth-order valence-corrected chi connectivity index (χ4v) is 4.43. The summed E-state index contributed by atoms with van der Waals surface area (Å²) in [4.78, 5) is 10.8. The Morgan fingerprint density at radius 2 is 1.82 bits per heavy atom. The molecule has 1 atom stereocenters. The smallest absolute Gasteiger partial charge is 0.209 e. The van der Waals surface area contributed by atoms with E-state index in [1.165, 1.54) is 12.4 Å². The highest BCUT2D eigenvalue weighted by Gasteiger charge is 2.19. The zero-order chi connectivity index (χ0) is 24.3. The number of sulfonamides is 1. The molecule has 0 radical (unpaired) electrons. The van der Waals surface area contributed by atoms with Crippen molar-refractivity contribution in [2.24, 2.45) is 0 Å². The van der Waals surface area contributed by atoms with Gasteiger partial charge in [0.15, 0.2) is 0 Å². The lowest BCUT2D eigenvalue weighted by Crippen LogP contribution is -2.30. The van der Waals surface area contributed by atoms with Gasteiger partial charge in [0.2, 0.25) is 10.0 Å². The Balaban J connectivity index is 1.86. The fraction of sp³-hybridized carbons (Fsp3) is 0.120. The molecule has 0 aliphatic rings. The molecular weight excluding hydrogens is 472 g/mol. The maximum atomic E-state index is 11.4. The summed E-state index contributed by atoms with van der Waals surface area (Å²) in [5, 5.41) is 10.9. The number of benzene rings is 3. The van der Waals surface area contributed by atoms with Crippen LogP contribution in [0.2, 0.25) is 5.02 Å². The third-order valence-electron chi connectivity index (χ3n) is 4.84. The van der Waals surface area contributed by atoms with Gasteiger partial charge >= 0.3 is 0 Å². The largest absolute Gasteiger partial charge is 0.508 e. The van der Waals surface area contributed by atoms with Gasteiger partial charge < -0.3 is 5.11 Å².